The summed E-state index contributed by atoms with van der Waals surface area (Å²) in [7, 11) is 0. The molecule has 2 rings (SSSR count). The van der Waals surface area contributed by atoms with Crippen molar-refractivity contribution in [3.05, 3.63) is 53.8 Å². The van der Waals surface area contributed by atoms with E-state index in [2.05, 4.69) is 16.7 Å². The first-order valence-corrected chi connectivity index (χ1v) is 6.64. The van der Waals surface area contributed by atoms with Gasteiger partial charge in [-0.3, -0.25) is 0 Å². The fourth-order valence-electron chi connectivity index (χ4n) is 1.98. The van der Waals surface area contributed by atoms with E-state index in [1.165, 1.54) is 12.1 Å². The highest BCUT2D eigenvalue weighted by atomic mass is 19.1. The van der Waals surface area contributed by atoms with Gasteiger partial charge in [-0.15, -0.1) is 5.92 Å². The molecule has 0 aliphatic heterocycles. The molecule has 21 heavy (non-hydrogen) atoms. The molecule has 4 heteroatoms. The molecule has 0 aliphatic carbocycles. The van der Waals surface area contributed by atoms with Crippen LogP contribution < -0.4 is 16.4 Å². The van der Waals surface area contributed by atoms with E-state index >= 15 is 0 Å². The van der Waals surface area contributed by atoms with Crippen molar-refractivity contribution in [1.29, 1.82) is 0 Å². The first kappa shape index (κ1) is 14.7. The topological polar surface area (TPSA) is 55.3 Å². The van der Waals surface area contributed by atoms with Gasteiger partial charge in [-0.25, -0.2) is 4.39 Å². The monoisotopic (exact) mass is 283 g/mol. The minimum Gasteiger partial charge on any atom is -0.397 e. The molecule has 0 aliphatic rings. The molecule has 0 amide bonds. The molecule has 0 unspecified atom stereocenters. The highest BCUT2D eigenvalue weighted by Crippen LogP contribution is 2.24. The molecular weight excluding hydrogens is 265 g/mol. The van der Waals surface area contributed by atoms with Crippen LogP contribution in [-0.4, -0.2) is 6.54 Å². The molecular formula is C17H18FN3. The van der Waals surface area contributed by atoms with Crippen LogP contribution in [0, 0.1) is 17.7 Å². The van der Waals surface area contributed by atoms with Gasteiger partial charge < -0.3 is 16.4 Å². The van der Waals surface area contributed by atoms with Gasteiger partial charge in [-0.05, 0) is 42.8 Å². The Kier molecular flexibility index (Phi) is 4.68. The quantitative estimate of drug-likeness (QED) is 0.670. The Morgan fingerprint density at radius 3 is 2.38 bits per heavy atom. The molecule has 0 fully saturated rings. The SMILES string of the molecule is CC#CCN(Cc1ccc(F)cc1)c1ccc(N)c(N)c1. The zero-order chi connectivity index (χ0) is 15.2. The second-order valence-corrected chi connectivity index (χ2v) is 4.72. The van der Waals surface area contributed by atoms with Crippen molar-refractivity contribution in [3.8, 4) is 11.8 Å². The van der Waals surface area contributed by atoms with Crippen molar-refractivity contribution in [2.45, 2.75) is 13.5 Å². The number of hydrogen-bond acceptors (Lipinski definition) is 3. The van der Waals surface area contributed by atoms with Crippen LogP contribution in [0.25, 0.3) is 0 Å². The maximum absolute atomic E-state index is 13.0. The molecule has 2 aromatic carbocycles. The van der Waals surface area contributed by atoms with Crippen LogP contribution in [-0.2, 0) is 6.54 Å². The second-order valence-electron chi connectivity index (χ2n) is 4.72. The summed E-state index contributed by atoms with van der Waals surface area (Å²) in [6.45, 7) is 2.99. The van der Waals surface area contributed by atoms with E-state index in [0.717, 1.165) is 11.3 Å². The molecule has 0 atom stereocenters. The Balaban J connectivity index is 2.26. The Hall–Kier alpha value is -2.67. The number of rotatable bonds is 4. The third kappa shape index (κ3) is 3.90. The van der Waals surface area contributed by atoms with Gasteiger partial charge in [0.25, 0.3) is 0 Å². The number of nitrogens with zero attached hydrogens (tertiary/aromatic N) is 1. The van der Waals surface area contributed by atoms with E-state index in [9.17, 15) is 4.39 Å². The standard InChI is InChI=1S/C17H18FN3/c1-2-3-10-21(12-13-4-6-14(18)7-5-13)15-8-9-16(19)17(20)11-15/h4-9,11H,10,12,19-20H2,1H3. The second kappa shape index (κ2) is 6.67. The number of hydrogen-bond donors (Lipinski definition) is 2. The van der Waals surface area contributed by atoms with Gasteiger partial charge in [0.2, 0.25) is 0 Å². The predicted molar refractivity (Wildman–Crippen MR) is 86.2 cm³/mol. The van der Waals surface area contributed by atoms with Crippen LogP contribution in [0.5, 0.6) is 0 Å². The van der Waals surface area contributed by atoms with Crippen molar-refractivity contribution >= 4 is 17.1 Å². The van der Waals surface area contributed by atoms with Crippen LogP contribution in [0.2, 0.25) is 0 Å². The molecule has 108 valence electrons. The maximum atomic E-state index is 13.0. The fourth-order valence-corrected chi connectivity index (χ4v) is 1.98. The lowest BCUT2D eigenvalue weighted by atomic mass is 10.1. The number of anilines is 3. The van der Waals surface area contributed by atoms with Crippen LogP contribution in [0.15, 0.2) is 42.5 Å². The lowest BCUT2D eigenvalue weighted by Gasteiger charge is -2.23. The average Bonchev–Trinajstić information content (AvgIpc) is 2.48. The fraction of sp³-hybridized carbons (Fsp3) is 0.176. The summed E-state index contributed by atoms with van der Waals surface area (Å²) < 4.78 is 13.0. The summed E-state index contributed by atoms with van der Waals surface area (Å²) in [6, 6.07) is 12.0. The summed E-state index contributed by atoms with van der Waals surface area (Å²) in [4.78, 5) is 2.07. The maximum Gasteiger partial charge on any atom is 0.123 e. The van der Waals surface area contributed by atoms with Crippen molar-refractivity contribution in [3.63, 3.8) is 0 Å². The van der Waals surface area contributed by atoms with Gasteiger partial charge in [-0.1, -0.05) is 18.1 Å². The van der Waals surface area contributed by atoms with Gasteiger partial charge >= 0.3 is 0 Å². The van der Waals surface area contributed by atoms with Crippen molar-refractivity contribution in [2.24, 2.45) is 0 Å². The van der Waals surface area contributed by atoms with Gasteiger partial charge in [0.1, 0.15) is 5.82 Å². The molecule has 0 spiro atoms. The van der Waals surface area contributed by atoms with Crippen LogP contribution in [0.3, 0.4) is 0 Å². The molecule has 0 saturated heterocycles. The Labute approximate surface area is 124 Å². The van der Waals surface area contributed by atoms with E-state index in [-0.39, 0.29) is 5.82 Å². The molecule has 4 N–H and O–H groups in total. The summed E-state index contributed by atoms with van der Waals surface area (Å²) in [5.74, 6) is 5.68. The summed E-state index contributed by atoms with van der Waals surface area (Å²) in [6.07, 6.45) is 0. The molecule has 3 nitrogen and oxygen atoms in total. The molecule has 0 aromatic heterocycles. The first-order chi connectivity index (χ1) is 10.1. The van der Waals surface area contributed by atoms with E-state index in [4.69, 9.17) is 11.5 Å². The van der Waals surface area contributed by atoms with Gasteiger partial charge in [0, 0.05) is 12.2 Å². The highest BCUT2D eigenvalue weighted by molar-refractivity contribution is 5.70. The summed E-state index contributed by atoms with van der Waals surface area (Å²) in [5, 5.41) is 0. The Bertz CT molecular complexity index is 669. The number of nitrogen functional groups attached to an aromatic ring is 2. The number of nitrogens with two attached hydrogens (primary N) is 2. The zero-order valence-corrected chi connectivity index (χ0v) is 11.9. The van der Waals surface area contributed by atoms with E-state index in [0.29, 0.717) is 24.5 Å². The van der Waals surface area contributed by atoms with Crippen molar-refractivity contribution in [2.75, 3.05) is 22.9 Å². The lowest BCUT2D eigenvalue weighted by Crippen LogP contribution is -2.23. The molecule has 0 bridgehead atoms. The van der Waals surface area contributed by atoms with E-state index < -0.39 is 0 Å². The van der Waals surface area contributed by atoms with Crippen LogP contribution in [0.1, 0.15) is 12.5 Å². The predicted octanol–water partition coefficient (Wildman–Crippen LogP) is 3.02. The third-order valence-electron chi connectivity index (χ3n) is 3.17. The van der Waals surface area contributed by atoms with Crippen molar-refractivity contribution in [1.82, 2.24) is 0 Å². The largest absolute Gasteiger partial charge is 0.397 e. The lowest BCUT2D eigenvalue weighted by molar-refractivity contribution is 0.627. The van der Waals surface area contributed by atoms with E-state index in [1.807, 2.05) is 12.1 Å². The van der Waals surface area contributed by atoms with Gasteiger partial charge in [0.05, 0.1) is 17.9 Å². The zero-order valence-electron chi connectivity index (χ0n) is 11.9. The molecule has 0 saturated carbocycles. The molecule has 0 heterocycles. The molecule has 0 radical (unpaired) electrons. The first-order valence-electron chi connectivity index (χ1n) is 6.64. The van der Waals surface area contributed by atoms with Gasteiger partial charge in [0.15, 0.2) is 0 Å². The molecule has 2 aromatic rings. The smallest absolute Gasteiger partial charge is 0.123 e. The summed E-state index contributed by atoms with van der Waals surface area (Å²) >= 11 is 0. The van der Waals surface area contributed by atoms with E-state index in [1.54, 1.807) is 25.1 Å². The minimum absolute atomic E-state index is 0.240. The van der Waals surface area contributed by atoms with Crippen molar-refractivity contribution < 1.29 is 4.39 Å². The summed E-state index contributed by atoms with van der Waals surface area (Å²) in [5.41, 5.74) is 14.7. The Morgan fingerprint density at radius 1 is 1.05 bits per heavy atom. The van der Waals surface area contributed by atoms with Crippen LogP contribution >= 0.6 is 0 Å². The average molecular weight is 283 g/mol. The Morgan fingerprint density at radius 2 is 1.76 bits per heavy atom. The minimum atomic E-state index is -0.240. The number of benzene rings is 2. The normalized spacial score (nSPS) is 9.81. The van der Waals surface area contributed by atoms with Gasteiger partial charge in [-0.2, -0.15) is 0 Å². The third-order valence-corrected chi connectivity index (χ3v) is 3.17. The van der Waals surface area contributed by atoms with Crippen LogP contribution in [0.4, 0.5) is 21.5 Å². The highest BCUT2D eigenvalue weighted by Gasteiger charge is 2.08. The number of halogens is 1.